The summed E-state index contributed by atoms with van der Waals surface area (Å²) < 4.78 is 28.1. The smallest absolute Gasteiger partial charge is 0.307 e. The van der Waals surface area contributed by atoms with E-state index in [0.29, 0.717) is 35.9 Å². The molecule has 8 nitrogen and oxygen atoms in total. The van der Waals surface area contributed by atoms with Crippen molar-refractivity contribution >= 4 is 23.1 Å². The lowest BCUT2D eigenvalue weighted by Crippen LogP contribution is -2.16. The summed E-state index contributed by atoms with van der Waals surface area (Å²) >= 11 is 0. The lowest BCUT2D eigenvalue weighted by atomic mass is 10.1. The summed E-state index contributed by atoms with van der Waals surface area (Å²) in [6.07, 6.45) is 3.88. The van der Waals surface area contributed by atoms with E-state index in [1.807, 2.05) is 42.5 Å². The molecule has 0 saturated heterocycles. The highest BCUT2D eigenvalue weighted by Gasteiger charge is 2.16. The third-order valence-electron chi connectivity index (χ3n) is 5.59. The number of nitrogens with zero attached hydrogens (tertiary/aromatic N) is 1. The van der Waals surface area contributed by atoms with Crippen LogP contribution in [0.1, 0.15) is 27.2 Å². The Hall–Kier alpha value is -4.72. The summed E-state index contributed by atoms with van der Waals surface area (Å²) in [4.78, 5) is 12.4. The second kappa shape index (κ2) is 10.3. The van der Waals surface area contributed by atoms with Gasteiger partial charge >= 0.3 is 5.91 Å². The third kappa shape index (κ3) is 4.88. The van der Waals surface area contributed by atoms with Crippen molar-refractivity contribution in [2.75, 3.05) is 13.9 Å². The van der Waals surface area contributed by atoms with Crippen molar-refractivity contribution in [2.24, 2.45) is 5.10 Å². The minimum atomic E-state index is -0.440. The molecule has 3 aromatic carbocycles. The number of allylic oxidation sites excluding steroid dienone is 1. The van der Waals surface area contributed by atoms with Gasteiger partial charge in [0, 0.05) is 10.9 Å². The van der Waals surface area contributed by atoms with Gasteiger partial charge in [-0.2, -0.15) is 5.10 Å². The molecule has 0 atom stereocenters. The molecule has 4 aromatic rings. The zero-order valence-corrected chi connectivity index (χ0v) is 19.7. The molecule has 0 radical (unpaired) electrons. The summed E-state index contributed by atoms with van der Waals surface area (Å²) in [6, 6.07) is 18.5. The molecule has 8 heteroatoms. The maximum Gasteiger partial charge on any atom is 0.307 e. The summed E-state index contributed by atoms with van der Waals surface area (Å²) in [6.45, 7) is 4.39. The Morgan fingerprint density at radius 3 is 2.81 bits per heavy atom. The number of amides is 1. The number of nitrogens with one attached hydrogen (secondary N) is 1. The lowest BCUT2D eigenvalue weighted by molar-refractivity contribution is 0.0929. The standard InChI is InChI=1S/C28H24N2O6/c1-3-6-21-11-19(15-29-30-28(31)26-14-20-7-4-5-8-22(20)36-26)13-25(32-2)27(21)33-16-18-9-10-23-24(12-18)35-17-34-23/h3-5,7-15H,1,6,16-17H2,2H3,(H,30,31)/b29-15+. The van der Waals surface area contributed by atoms with Gasteiger partial charge in [-0.15, -0.1) is 6.58 Å². The molecule has 0 bridgehead atoms. The largest absolute Gasteiger partial charge is 0.493 e. The van der Waals surface area contributed by atoms with Crippen LogP contribution in [0, 0.1) is 0 Å². The number of fused-ring (bicyclic) bond motifs is 2. The van der Waals surface area contributed by atoms with Crippen LogP contribution in [0.3, 0.4) is 0 Å². The first kappa shape index (κ1) is 23.0. The summed E-state index contributed by atoms with van der Waals surface area (Å²) in [5.74, 6) is 2.32. The van der Waals surface area contributed by atoms with E-state index < -0.39 is 5.91 Å². The van der Waals surface area contributed by atoms with Gasteiger partial charge < -0.3 is 23.4 Å². The zero-order valence-electron chi connectivity index (χ0n) is 19.7. The van der Waals surface area contributed by atoms with E-state index in [1.165, 1.54) is 6.21 Å². The Balaban J connectivity index is 1.31. The molecular formula is C28H24N2O6. The van der Waals surface area contributed by atoms with Gasteiger partial charge in [-0.05, 0) is 53.9 Å². The third-order valence-corrected chi connectivity index (χ3v) is 5.59. The first-order valence-electron chi connectivity index (χ1n) is 11.3. The van der Waals surface area contributed by atoms with Crippen molar-refractivity contribution in [2.45, 2.75) is 13.0 Å². The van der Waals surface area contributed by atoms with E-state index in [4.69, 9.17) is 23.4 Å². The number of hydrogen-bond donors (Lipinski definition) is 1. The monoisotopic (exact) mass is 484 g/mol. The van der Waals surface area contributed by atoms with Crippen molar-refractivity contribution in [1.82, 2.24) is 5.43 Å². The van der Waals surface area contributed by atoms with Crippen LogP contribution in [0.25, 0.3) is 11.0 Å². The highest BCUT2D eigenvalue weighted by atomic mass is 16.7. The van der Waals surface area contributed by atoms with Crippen LogP contribution >= 0.6 is 0 Å². The quantitative estimate of drug-likeness (QED) is 0.198. The fourth-order valence-corrected chi connectivity index (χ4v) is 3.88. The predicted octanol–water partition coefficient (Wildman–Crippen LogP) is 5.24. The first-order valence-corrected chi connectivity index (χ1v) is 11.3. The number of carbonyl (C=O) groups excluding carboxylic acids is 1. The number of ether oxygens (including phenoxy) is 4. The Morgan fingerprint density at radius 2 is 1.97 bits per heavy atom. The van der Waals surface area contributed by atoms with Crippen LogP contribution in [0.5, 0.6) is 23.0 Å². The van der Waals surface area contributed by atoms with Crippen molar-refractivity contribution in [3.05, 3.63) is 95.8 Å². The molecule has 1 aliphatic rings. The van der Waals surface area contributed by atoms with Crippen molar-refractivity contribution in [1.29, 1.82) is 0 Å². The number of rotatable bonds is 9. The van der Waals surface area contributed by atoms with Crippen molar-refractivity contribution in [3.63, 3.8) is 0 Å². The van der Waals surface area contributed by atoms with Crippen molar-refractivity contribution in [3.8, 4) is 23.0 Å². The van der Waals surface area contributed by atoms with Gasteiger partial charge in [0.1, 0.15) is 12.2 Å². The molecule has 0 spiro atoms. The topological polar surface area (TPSA) is 91.5 Å². The number of benzene rings is 3. The highest BCUT2D eigenvalue weighted by molar-refractivity contribution is 5.96. The molecule has 5 rings (SSSR count). The number of hydrogen-bond acceptors (Lipinski definition) is 7. The number of para-hydroxylation sites is 1. The normalized spacial score (nSPS) is 12.1. The molecule has 36 heavy (non-hydrogen) atoms. The second-order valence-corrected chi connectivity index (χ2v) is 8.03. The predicted molar refractivity (Wildman–Crippen MR) is 135 cm³/mol. The molecule has 1 aliphatic heterocycles. The molecule has 2 heterocycles. The van der Waals surface area contributed by atoms with E-state index in [9.17, 15) is 4.79 Å². The Labute approximate surface area is 207 Å². The number of hydrazone groups is 1. The minimum absolute atomic E-state index is 0.186. The van der Waals surface area contributed by atoms with Crippen molar-refractivity contribution < 1.29 is 28.2 Å². The van der Waals surface area contributed by atoms with E-state index in [0.717, 1.165) is 27.8 Å². The van der Waals surface area contributed by atoms with E-state index in [2.05, 4.69) is 17.1 Å². The van der Waals surface area contributed by atoms with Crippen LogP contribution in [-0.2, 0) is 13.0 Å². The lowest BCUT2D eigenvalue weighted by Gasteiger charge is -2.16. The van der Waals surface area contributed by atoms with Crippen LogP contribution in [-0.4, -0.2) is 26.0 Å². The van der Waals surface area contributed by atoms with E-state index in [-0.39, 0.29) is 12.6 Å². The molecule has 0 saturated carbocycles. The molecule has 182 valence electrons. The summed E-state index contributed by atoms with van der Waals surface area (Å²) in [5, 5.41) is 4.94. The van der Waals surface area contributed by atoms with E-state index >= 15 is 0 Å². The fraction of sp³-hybridized carbons (Fsp3) is 0.143. The molecule has 1 aromatic heterocycles. The van der Waals surface area contributed by atoms with Gasteiger partial charge in [-0.25, -0.2) is 5.43 Å². The summed E-state index contributed by atoms with van der Waals surface area (Å²) in [7, 11) is 1.57. The maximum atomic E-state index is 12.4. The van der Waals surface area contributed by atoms with Gasteiger partial charge in [0.25, 0.3) is 0 Å². The number of carbonyl (C=O) groups is 1. The molecular weight excluding hydrogens is 460 g/mol. The Kier molecular flexibility index (Phi) is 6.57. The average molecular weight is 485 g/mol. The SMILES string of the molecule is C=CCc1cc(/C=N/NC(=O)c2cc3ccccc3o2)cc(OC)c1OCc1ccc2c(c1)OCO2. The number of furan rings is 1. The van der Waals surface area contributed by atoms with Gasteiger partial charge in [-0.3, -0.25) is 4.79 Å². The molecule has 0 aliphatic carbocycles. The molecule has 0 unspecified atom stereocenters. The van der Waals surface area contributed by atoms with E-state index in [1.54, 1.807) is 31.4 Å². The minimum Gasteiger partial charge on any atom is -0.493 e. The maximum absolute atomic E-state index is 12.4. The fourth-order valence-electron chi connectivity index (χ4n) is 3.88. The Bertz CT molecular complexity index is 1420. The van der Waals surface area contributed by atoms with Gasteiger partial charge in [0.05, 0.1) is 13.3 Å². The summed E-state index contributed by atoms with van der Waals surface area (Å²) in [5.41, 5.74) is 5.67. The van der Waals surface area contributed by atoms with Crippen LogP contribution in [0.4, 0.5) is 0 Å². The molecule has 1 amide bonds. The van der Waals surface area contributed by atoms with Crippen LogP contribution < -0.4 is 24.4 Å². The average Bonchev–Trinajstić information content (AvgIpc) is 3.54. The zero-order chi connectivity index (χ0) is 24.9. The highest BCUT2D eigenvalue weighted by Crippen LogP contribution is 2.36. The van der Waals surface area contributed by atoms with Gasteiger partial charge in [0.2, 0.25) is 6.79 Å². The first-order chi connectivity index (χ1) is 17.6. The number of methoxy groups -OCH3 is 1. The van der Waals surface area contributed by atoms with Crippen LogP contribution in [0.2, 0.25) is 0 Å². The molecule has 0 fully saturated rings. The van der Waals surface area contributed by atoms with Gasteiger partial charge in [-0.1, -0.05) is 30.3 Å². The van der Waals surface area contributed by atoms with Crippen LogP contribution in [0.15, 0.2) is 82.8 Å². The second-order valence-electron chi connectivity index (χ2n) is 8.03. The molecule has 1 N–H and O–H groups in total. The Morgan fingerprint density at radius 1 is 1.11 bits per heavy atom. The van der Waals surface area contributed by atoms with Gasteiger partial charge in [0.15, 0.2) is 28.8 Å².